The van der Waals surface area contributed by atoms with Gasteiger partial charge in [-0.3, -0.25) is 0 Å². The zero-order valence-corrected chi connectivity index (χ0v) is 13.2. The molecule has 1 unspecified atom stereocenters. The lowest BCUT2D eigenvalue weighted by Gasteiger charge is -2.18. The van der Waals surface area contributed by atoms with E-state index < -0.39 is 23.8 Å². The first-order valence-corrected chi connectivity index (χ1v) is 7.53. The highest BCUT2D eigenvalue weighted by Crippen LogP contribution is 2.30. The van der Waals surface area contributed by atoms with Gasteiger partial charge in [0.05, 0.1) is 17.1 Å². The lowest BCUT2D eigenvalue weighted by molar-refractivity contribution is 0.146. The number of benzene rings is 2. The van der Waals surface area contributed by atoms with Crippen LogP contribution in [-0.4, -0.2) is 9.97 Å². The summed E-state index contributed by atoms with van der Waals surface area (Å²) in [6.45, 7) is 3.47. The van der Waals surface area contributed by atoms with E-state index in [-0.39, 0.29) is 5.56 Å². The number of hydrogen-bond acceptors (Lipinski definition) is 3. The number of rotatable bonds is 4. The van der Waals surface area contributed by atoms with Gasteiger partial charge < -0.3 is 5.32 Å². The van der Waals surface area contributed by atoms with Crippen LogP contribution < -0.4 is 5.32 Å². The number of halogens is 3. The molecule has 0 amide bonds. The SMILES string of the molecule is Cc1nc(NC(C)c2cccc(C(F)F)c2F)c2ccccc2n1. The van der Waals surface area contributed by atoms with E-state index in [1.807, 2.05) is 24.3 Å². The second-order valence-corrected chi connectivity index (χ2v) is 5.55. The summed E-state index contributed by atoms with van der Waals surface area (Å²) in [6, 6.07) is 10.9. The Bertz CT molecular complexity index is 881. The zero-order chi connectivity index (χ0) is 17.3. The molecule has 0 aliphatic heterocycles. The smallest absolute Gasteiger partial charge is 0.266 e. The fourth-order valence-corrected chi connectivity index (χ4v) is 2.66. The molecule has 0 radical (unpaired) electrons. The molecule has 3 aromatic rings. The van der Waals surface area contributed by atoms with Crippen molar-refractivity contribution in [2.45, 2.75) is 26.3 Å². The van der Waals surface area contributed by atoms with Gasteiger partial charge in [-0.15, -0.1) is 0 Å². The fraction of sp³-hybridized carbons (Fsp3) is 0.222. The number of fused-ring (bicyclic) bond motifs is 1. The number of hydrogen-bond donors (Lipinski definition) is 1. The van der Waals surface area contributed by atoms with Gasteiger partial charge in [-0.25, -0.2) is 23.1 Å². The highest BCUT2D eigenvalue weighted by Gasteiger charge is 2.20. The van der Waals surface area contributed by atoms with Crippen molar-refractivity contribution in [1.82, 2.24) is 9.97 Å². The Morgan fingerprint density at radius 1 is 0.958 bits per heavy atom. The van der Waals surface area contributed by atoms with Crippen molar-refractivity contribution >= 4 is 16.7 Å². The van der Waals surface area contributed by atoms with Crippen molar-refractivity contribution in [3.63, 3.8) is 0 Å². The predicted molar refractivity (Wildman–Crippen MR) is 87.7 cm³/mol. The van der Waals surface area contributed by atoms with Crippen LogP contribution in [0.15, 0.2) is 42.5 Å². The number of nitrogens with zero attached hydrogens (tertiary/aromatic N) is 2. The number of aryl methyl sites for hydroxylation is 1. The maximum Gasteiger partial charge on any atom is 0.266 e. The first-order valence-electron chi connectivity index (χ1n) is 7.53. The second-order valence-electron chi connectivity index (χ2n) is 5.55. The van der Waals surface area contributed by atoms with Gasteiger partial charge in [0.15, 0.2) is 0 Å². The second kappa shape index (κ2) is 6.47. The largest absolute Gasteiger partial charge is 0.363 e. The van der Waals surface area contributed by atoms with Crippen LogP contribution >= 0.6 is 0 Å². The molecule has 0 saturated carbocycles. The normalized spacial score (nSPS) is 12.6. The highest BCUT2D eigenvalue weighted by atomic mass is 19.3. The monoisotopic (exact) mass is 331 g/mol. The van der Waals surface area contributed by atoms with E-state index >= 15 is 0 Å². The van der Waals surface area contributed by atoms with Crippen molar-refractivity contribution in [3.05, 3.63) is 65.2 Å². The first kappa shape index (κ1) is 16.2. The summed E-state index contributed by atoms with van der Waals surface area (Å²) in [4.78, 5) is 8.71. The van der Waals surface area contributed by atoms with Gasteiger partial charge in [0, 0.05) is 10.9 Å². The van der Waals surface area contributed by atoms with E-state index in [1.165, 1.54) is 12.1 Å². The van der Waals surface area contributed by atoms with Gasteiger partial charge in [-0.2, -0.15) is 0 Å². The standard InChI is InChI=1S/C18H16F3N3/c1-10(12-7-5-8-14(16(12)19)17(20)21)22-18-13-6-3-4-9-15(13)23-11(2)24-18/h3-10,17H,1-2H3,(H,22,23,24). The fourth-order valence-electron chi connectivity index (χ4n) is 2.66. The Morgan fingerprint density at radius 3 is 2.42 bits per heavy atom. The summed E-state index contributed by atoms with van der Waals surface area (Å²) in [5.41, 5.74) is 0.347. The molecule has 0 aliphatic carbocycles. The third-order valence-corrected chi connectivity index (χ3v) is 3.83. The lowest BCUT2D eigenvalue weighted by Crippen LogP contribution is -2.12. The molecule has 24 heavy (non-hydrogen) atoms. The Kier molecular flexibility index (Phi) is 4.38. The summed E-state index contributed by atoms with van der Waals surface area (Å²) in [7, 11) is 0. The highest BCUT2D eigenvalue weighted by molar-refractivity contribution is 5.89. The van der Waals surface area contributed by atoms with Gasteiger partial charge >= 0.3 is 0 Å². The third kappa shape index (κ3) is 3.04. The van der Waals surface area contributed by atoms with Crippen LogP contribution in [0.3, 0.4) is 0 Å². The molecule has 124 valence electrons. The van der Waals surface area contributed by atoms with Crippen molar-refractivity contribution < 1.29 is 13.2 Å². The van der Waals surface area contributed by atoms with E-state index in [4.69, 9.17) is 0 Å². The molecule has 0 spiro atoms. The van der Waals surface area contributed by atoms with Crippen LogP contribution in [0.4, 0.5) is 19.0 Å². The minimum absolute atomic E-state index is 0.174. The Labute approximate surface area is 137 Å². The topological polar surface area (TPSA) is 37.8 Å². The number of para-hydroxylation sites is 1. The molecule has 0 saturated heterocycles. The molecule has 0 aliphatic rings. The molecule has 0 fully saturated rings. The van der Waals surface area contributed by atoms with Crippen molar-refractivity contribution in [3.8, 4) is 0 Å². The average Bonchev–Trinajstić information content (AvgIpc) is 2.54. The summed E-state index contributed by atoms with van der Waals surface area (Å²) in [5.74, 6) is 0.236. The molecule has 3 rings (SSSR count). The summed E-state index contributed by atoms with van der Waals surface area (Å²) in [6.07, 6.45) is -2.85. The molecular formula is C18H16F3N3. The predicted octanol–water partition coefficient (Wildman–Crippen LogP) is 5.19. The van der Waals surface area contributed by atoms with E-state index in [2.05, 4.69) is 15.3 Å². The van der Waals surface area contributed by atoms with E-state index in [0.29, 0.717) is 11.6 Å². The molecule has 1 atom stereocenters. The quantitative estimate of drug-likeness (QED) is 0.715. The Hall–Kier alpha value is -2.63. The molecule has 6 heteroatoms. The zero-order valence-electron chi connectivity index (χ0n) is 13.2. The van der Waals surface area contributed by atoms with Crippen molar-refractivity contribution in [2.75, 3.05) is 5.32 Å². The molecule has 1 aromatic heterocycles. The number of alkyl halides is 2. The van der Waals surface area contributed by atoms with Crippen molar-refractivity contribution in [1.29, 1.82) is 0 Å². The van der Waals surface area contributed by atoms with E-state index in [9.17, 15) is 13.2 Å². The number of anilines is 1. The van der Waals surface area contributed by atoms with Gasteiger partial charge in [0.25, 0.3) is 6.43 Å². The minimum atomic E-state index is -2.85. The van der Waals surface area contributed by atoms with E-state index in [0.717, 1.165) is 17.0 Å². The van der Waals surface area contributed by atoms with Gasteiger partial charge in [0.2, 0.25) is 0 Å². The molecule has 1 N–H and O–H groups in total. The van der Waals surface area contributed by atoms with Crippen molar-refractivity contribution in [2.24, 2.45) is 0 Å². The van der Waals surface area contributed by atoms with Crippen LogP contribution in [0.2, 0.25) is 0 Å². The van der Waals surface area contributed by atoms with Crippen LogP contribution in [0.5, 0.6) is 0 Å². The molecular weight excluding hydrogens is 315 g/mol. The summed E-state index contributed by atoms with van der Waals surface area (Å²) >= 11 is 0. The Balaban J connectivity index is 1.99. The first-order chi connectivity index (χ1) is 11.5. The average molecular weight is 331 g/mol. The molecule has 2 aromatic carbocycles. The van der Waals surface area contributed by atoms with Crippen LogP contribution in [0, 0.1) is 12.7 Å². The maximum absolute atomic E-state index is 14.3. The third-order valence-electron chi connectivity index (χ3n) is 3.83. The van der Waals surface area contributed by atoms with Crippen LogP contribution in [-0.2, 0) is 0 Å². The minimum Gasteiger partial charge on any atom is -0.363 e. The molecule has 1 heterocycles. The van der Waals surface area contributed by atoms with Gasteiger partial charge in [-0.1, -0.05) is 30.3 Å². The Morgan fingerprint density at radius 2 is 1.67 bits per heavy atom. The maximum atomic E-state index is 14.3. The van der Waals surface area contributed by atoms with E-state index in [1.54, 1.807) is 13.8 Å². The summed E-state index contributed by atoms with van der Waals surface area (Å²) in [5, 5.41) is 3.90. The lowest BCUT2D eigenvalue weighted by atomic mass is 10.0. The van der Waals surface area contributed by atoms with Crippen LogP contribution in [0.25, 0.3) is 10.9 Å². The summed E-state index contributed by atoms with van der Waals surface area (Å²) < 4.78 is 40.1. The van der Waals surface area contributed by atoms with Gasteiger partial charge in [-0.05, 0) is 26.0 Å². The molecule has 0 bridgehead atoms. The van der Waals surface area contributed by atoms with Gasteiger partial charge in [0.1, 0.15) is 17.5 Å². The van der Waals surface area contributed by atoms with Crippen LogP contribution in [0.1, 0.15) is 36.3 Å². The number of nitrogens with one attached hydrogen (secondary N) is 1. The number of aromatic nitrogens is 2. The molecule has 3 nitrogen and oxygen atoms in total.